The van der Waals surface area contributed by atoms with Crippen LogP contribution in [0.1, 0.15) is 71.4 Å². The largest absolute Gasteiger partial charge is 0.330 e. The first-order valence-corrected chi connectivity index (χ1v) is 8.27. The molecule has 3 rings (SSSR count). The fourth-order valence-electron chi connectivity index (χ4n) is 4.01. The normalized spacial score (nSPS) is 30.6. The highest BCUT2D eigenvalue weighted by Gasteiger charge is 2.53. The number of carbonyl (C=O) groups excluding carboxylic acids is 1. The molecule has 1 aromatic rings. The number of amides is 1. The van der Waals surface area contributed by atoms with E-state index in [4.69, 9.17) is 0 Å². The van der Waals surface area contributed by atoms with Crippen molar-refractivity contribution in [3.05, 3.63) is 12.2 Å². The van der Waals surface area contributed by atoms with E-state index in [9.17, 15) is 4.79 Å². The molecular weight excluding hydrogens is 276 g/mol. The van der Waals surface area contributed by atoms with Crippen LogP contribution in [-0.4, -0.2) is 37.7 Å². The van der Waals surface area contributed by atoms with Crippen LogP contribution >= 0.6 is 0 Å². The summed E-state index contributed by atoms with van der Waals surface area (Å²) in [4.78, 5) is 19.3. The minimum Gasteiger partial charge on any atom is -0.330 e. The van der Waals surface area contributed by atoms with Crippen molar-refractivity contribution in [3.63, 3.8) is 0 Å². The molecule has 1 saturated carbocycles. The monoisotopic (exact) mass is 304 g/mol. The fourth-order valence-corrected chi connectivity index (χ4v) is 4.01. The molecule has 2 bridgehead atoms. The number of rotatable bonds is 1. The first kappa shape index (κ1) is 15.5. The van der Waals surface area contributed by atoms with Gasteiger partial charge < -0.3 is 4.90 Å². The lowest BCUT2D eigenvalue weighted by atomic mass is 9.75. The SMILES string of the molecule is CC1(C)[C@H]2CC[C@](C)(C2)CN1C(=O)c1ncn(C(C)(C)C)n1. The molecule has 2 fully saturated rings. The highest BCUT2D eigenvalue weighted by Crippen LogP contribution is 2.53. The second-order valence-electron chi connectivity index (χ2n) is 8.98. The first-order valence-electron chi connectivity index (χ1n) is 8.27. The van der Waals surface area contributed by atoms with Crippen LogP contribution in [0.5, 0.6) is 0 Å². The Labute approximate surface area is 133 Å². The van der Waals surface area contributed by atoms with E-state index in [-0.39, 0.29) is 22.4 Å². The van der Waals surface area contributed by atoms with E-state index in [0.29, 0.717) is 11.7 Å². The Balaban J connectivity index is 1.90. The lowest BCUT2D eigenvalue weighted by molar-refractivity contribution is -0.000150. The van der Waals surface area contributed by atoms with Crippen LogP contribution in [-0.2, 0) is 5.54 Å². The maximum absolute atomic E-state index is 13.0. The molecule has 0 N–H and O–H groups in total. The third-order valence-corrected chi connectivity index (χ3v) is 5.69. The van der Waals surface area contributed by atoms with Crippen molar-refractivity contribution < 1.29 is 4.79 Å². The number of fused-ring (bicyclic) bond motifs is 2. The number of aromatic nitrogens is 3. The molecule has 0 unspecified atom stereocenters. The fraction of sp³-hybridized carbons (Fsp3) is 0.824. The number of carbonyl (C=O) groups is 1. The number of piperidine rings is 1. The highest BCUT2D eigenvalue weighted by molar-refractivity contribution is 5.91. The second kappa shape index (κ2) is 4.56. The minimum atomic E-state index is -0.159. The van der Waals surface area contributed by atoms with Gasteiger partial charge in [0.05, 0.1) is 5.54 Å². The summed E-state index contributed by atoms with van der Waals surface area (Å²) in [5.74, 6) is 0.888. The van der Waals surface area contributed by atoms with E-state index in [2.05, 4.69) is 51.6 Å². The Morgan fingerprint density at radius 2 is 2.00 bits per heavy atom. The average Bonchev–Trinajstić information content (AvgIpc) is 2.99. The smallest absolute Gasteiger partial charge is 0.293 e. The van der Waals surface area contributed by atoms with Crippen molar-refractivity contribution in [1.29, 1.82) is 0 Å². The summed E-state index contributed by atoms with van der Waals surface area (Å²) in [6.07, 6.45) is 5.33. The average molecular weight is 304 g/mol. The Kier molecular flexibility index (Phi) is 3.21. The van der Waals surface area contributed by atoms with Gasteiger partial charge in [-0.25, -0.2) is 9.67 Å². The molecule has 0 aromatic carbocycles. The standard InChI is InChI=1S/C17H28N4O/c1-15(2,3)21-11-18-13(19-21)14(22)20-10-17(6)8-7-12(9-17)16(20,4)5/h11-12H,7-10H2,1-6H3/t12-,17+/m0/s1. The third-order valence-electron chi connectivity index (χ3n) is 5.69. The van der Waals surface area contributed by atoms with E-state index in [1.807, 2.05) is 4.90 Å². The third kappa shape index (κ3) is 2.34. The highest BCUT2D eigenvalue weighted by atomic mass is 16.2. The maximum Gasteiger partial charge on any atom is 0.293 e. The number of hydrogen-bond acceptors (Lipinski definition) is 3. The maximum atomic E-state index is 13.0. The predicted molar refractivity (Wildman–Crippen MR) is 85.6 cm³/mol. The molecule has 1 aliphatic heterocycles. The van der Waals surface area contributed by atoms with Gasteiger partial charge in [-0.05, 0) is 65.2 Å². The summed E-state index contributed by atoms with van der Waals surface area (Å²) >= 11 is 0. The summed E-state index contributed by atoms with van der Waals surface area (Å²) in [5.41, 5.74) is -0.00330. The van der Waals surface area contributed by atoms with Crippen LogP contribution in [0.25, 0.3) is 0 Å². The summed E-state index contributed by atoms with van der Waals surface area (Å²) in [7, 11) is 0. The number of likely N-dealkylation sites (tertiary alicyclic amines) is 1. The molecular formula is C17H28N4O. The molecule has 2 heterocycles. The Morgan fingerprint density at radius 3 is 2.59 bits per heavy atom. The van der Waals surface area contributed by atoms with Gasteiger partial charge in [-0.15, -0.1) is 5.10 Å². The van der Waals surface area contributed by atoms with Crippen LogP contribution in [0.3, 0.4) is 0 Å². The van der Waals surface area contributed by atoms with Gasteiger partial charge in [0.15, 0.2) is 0 Å². The van der Waals surface area contributed by atoms with E-state index in [1.165, 1.54) is 19.3 Å². The molecule has 2 aliphatic rings. The number of nitrogens with zero attached hydrogens (tertiary/aromatic N) is 4. The Morgan fingerprint density at radius 1 is 1.32 bits per heavy atom. The molecule has 0 radical (unpaired) electrons. The summed E-state index contributed by atoms with van der Waals surface area (Å²) in [6, 6.07) is 0. The summed E-state index contributed by atoms with van der Waals surface area (Å²) < 4.78 is 1.77. The molecule has 2 atom stereocenters. The van der Waals surface area contributed by atoms with Crippen LogP contribution in [0.15, 0.2) is 6.33 Å². The zero-order chi connectivity index (χ0) is 16.3. The lowest BCUT2D eigenvalue weighted by Gasteiger charge is -2.49. The van der Waals surface area contributed by atoms with Crippen molar-refractivity contribution in [3.8, 4) is 0 Å². The topological polar surface area (TPSA) is 51.0 Å². The minimum absolute atomic E-state index is 0.0224. The van der Waals surface area contributed by atoms with Gasteiger partial charge in [-0.2, -0.15) is 0 Å². The van der Waals surface area contributed by atoms with E-state index in [0.717, 1.165) is 6.54 Å². The zero-order valence-corrected chi connectivity index (χ0v) is 14.7. The molecule has 1 saturated heterocycles. The van der Waals surface area contributed by atoms with Crippen molar-refractivity contribution in [2.24, 2.45) is 11.3 Å². The zero-order valence-electron chi connectivity index (χ0n) is 14.7. The first-order chi connectivity index (χ1) is 10.0. The Bertz CT molecular complexity index is 598. The number of hydrogen-bond donors (Lipinski definition) is 0. The van der Waals surface area contributed by atoms with Gasteiger partial charge in [0.1, 0.15) is 6.33 Å². The van der Waals surface area contributed by atoms with Crippen molar-refractivity contribution in [2.75, 3.05) is 6.54 Å². The lowest BCUT2D eigenvalue weighted by Crippen LogP contribution is -2.58. The van der Waals surface area contributed by atoms with Crippen molar-refractivity contribution in [1.82, 2.24) is 19.7 Å². The summed E-state index contributed by atoms with van der Waals surface area (Å²) in [5, 5.41) is 4.43. The van der Waals surface area contributed by atoms with Gasteiger partial charge in [0.25, 0.3) is 5.91 Å². The molecule has 5 heteroatoms. The molecule has 1 aromatic heterocycles. The van der Waals surface area contributed by atoms with Gasteiger partial charge in [0, 0.05) is 12.1 Å². The van der Waals surface area contributed by atoms with Gasteiger partial charge in [-0.3, -0.25) is 4.79 Å². The molecule has 5 nitrogen and oxygen atoms in total. The molecule has 22 heavy (non-hydrogen) atoms. The van der Waals surface area contributed by atoms with Gasteiger partial charge >= 0.3 is 0 Å². The van der Waals surface area contributed by atoms with E-state index < -0.39 is 0 Å². The van der Waals surface area contributed by atoms with Crippen LogP contribution in [0.2, 0.25) is 0 Å². The van der Waals surface area contributed by atoms with Crippen molar-refractivity contribution in [2.45, 2.75) is 71.9 Å². The van der Waals surface area contributed by atoms with Gasteiger partial charge in [0.2, 0.25) is 5.82 Å². The van der Waals surface area contributed by atoms with Crippen LogP contribution in [0, 0.1) is 11.3 Å². The summed E-state index contributed by atoms with van der Waals surface area (Å²) in [6.45, 7) is 13.7. The molecule has 0 spiro atoms. The van der Waals surface area contributed by atoms with E-state index >= 15 is 0 Å². The molecule has 1 amide bonds. The van der Waals surface area contributed by atoms with Crippen molar-refractivity contribution >= 4 is 5.91 Å². The van der Waals surface area contributed by atoms with Gasteiger partial charge in [-0.1, -0.05) is 6.92 Å². The predicted octanol–water partition coefficient (Wildman–Crippen LogP) is 3.07. The molecule has 1 aliphatic carbocycles. The van der Waals surface area contributed by atoms with Crippen LogP contribution < -0.4 is 0 Å². The second-order valence-corrected chi connectivity index (χ2v) is 8.98. The Hall–Kier alpha value is -1.39. The van der Waals surface area contributed by atoms with Crippen LogP contribution in [0.4, 0.5) is 0 Å². The quantitative estimate of drug-likeness (QED) is 0.801. The molecule has 122 valence electrons. The van der Waals surface area contributed by atoms with E-state index in [1.54, 1.807) is 11.0 Å².